The predicted octanol–water partition coefficient (Wildman–Crippen LogP) is 2.91. The Balaban J connectivity index is 1.74. The van der Waals surface area contributed by atoms with Crippen LogP contribution in [0.15, 0.2) is 24.3 Å². The molecular formula is C19H27FN2O2. The van der Waals surface area contributed by atoms with Crippen LogP contribution in [0.3, 0.4) is 0 Å². The fourth-order valence-corrected chi connectivity index (χ4v) is 2.95. The van der Waals surface area contributed by atoms with Crippen molar-refractivity contribution in [3.63, 3.8) is 0 Å². The molecule has 24 heavy (non-hydrogen) atoms. The number of hydrogen-bond acceptors (Lipinski definition) is 2. The summed E-state index contributed by atoms with van der Waals surface area (Å²) in [6, 6.07) is 6.64. The molecule has 0 aromatic heterocycles. The van der Waals surface area contributed by atoms with Crippen LogP contribution in [-0.2, 0) is 16.0 Å². The maximum Gasteiger partial charge on any atom is 0.227 e. The van der Waals surface area contributed by atoms with E-state index in [1.54, 1.807) is 18.2 Å². The number of carbonyl (C=O) groups excluding carboxylic acids is 2. The van der Waals surface area contributed by atoms with Crippen molar-refractivity contribution in [2.24, 2.45) is 5.41 Å². The van der Waals surface area contributed by atoms with Crippen LogP contribution in [0.5, 0.6) is 0 Å². The van der Waals surface area contributed by atoms with Gasteiger partial charge in [0.05, 0.1) is 0 Å². The van der Waals surface area contributed by atoms with Gasteiger partial charge in [-0.1, -0.05) is 39.0 Å². The van der Waals surface area contributed by atoms with E-state index in [1.807, 2.05) is 25.7 Å². The molecule has 1 aliphatic heterocycles. The highest BCUT2D eigenvalue weighted by Gasteiger charge is 2.30. The number of nitrogens with one attached hydrogen (secondary N) is 1. The fourth-order valence-electron chi connectivity index (χ4n) is 2.95. The van der Waals surface area contributed by atoms with Crippen LogP contribution in [0, 0.1) is 11.2 Å². The van der Waals surface area contributed by atoms with Crippen LogP contribution in [0.25, 0.3) is 0 Å². The highest BCUT2D eigenvalue weighted by Crippen LogP contribution is 2.21. The number of piperidine rings is 1. The number of halogens is 1. The van der Waals surface area contributed by atoms with E-state index in [0.717, 1.165) is 12.8 Å². The van der Waals surface area contributed by atoms with Crippen LogP contribution in [0.1, 0.15) is 45.6 Å². The Bertz CT molecular complexity index is 587. The van der Waals surface area contributed by atoms with E-state index in [1.165, 1.54) is 6.07 Å². The molecule has 132 valence electrons. The third-order valence-corrected chi connectivity index (χ3v) is 4.37. The first-order chi connectivity index (χ1) is 11.3. The molecule has 1 heterocycles. The number of aryl methyl sites for hydroxylation is 1. The van der Waals surface area contributed by atoms with Gasteiger partial charge in [0.15, 0.2) is 0 Å². The number of likely N-dealkylation sites (tertiary alicyclic amines) is 1. The summed E-state index contributed by atoms with van der Waals surface area (Å²) in [6.45, 7) is 7.12. The molecular weight excluding hydrogens is 307 g/mol. The summed E-state index contributed by atoms with van der Waals surface area (Å²) >= 11 is 0. The molecule has 1 aliphatic rings. The summed E-state index contributed by atoms with van der Waals surface area (Å²) in [5, 5.41) is 3.01. The van der Waals surface area contributed by atoms with Crippen molar-refractivity contribution in [1.82, 2.24) is 10.2 Å². The number of benzene rings is 1. The molecule has 1 aromatic rings. The standard InChI is InChI=1S/C19H27FN2O2/c1-19(2,3)18(24)22-12-10-15(11-13-22)21-17(23)9-8-14-6-4-5-7-16(14)20/h4-7,15H,8-13H2,1-3H3,(H,21,23). The van der Waals surface area contributed by atoms with Crippen molar-refractivity contribution in [3.8, 4) is 0 Å². The van der Waals surface area contributed by atoms with Crippen molar-refractivity contribution in [3.05, 3.63) is 35.6 Å². The zero-order chi connectivity index (χ0) is 17.7. The number of carbonyl (C=O) groups is 2. The first-order valence-electron chi connectivity index (χ1n) is 8.59. The number of nitrogens with zero attached hydrogens (tertiary/aromatic N) is 1. The van der Waals surface area contributed by atoms with Gasteiger partial charge in [0.2, 0.25) is 11.8 Å². The monoisotopic (exact) mass is 334 g/mol. The zero-order valence-corrected chi connectivity index (χ0v) is 14.8. The first kappa shape index (κ1) is 18.4. The lowest BCUT2D eigenvalue weighted by molar-refractivity contribution is -0.140. The topological polar surface area (TPSA) is 49.4 Å². The third kappa shape index (κ3) is 5.05. The van der Waals surface area contributed by atoms with E-state index in [-0.39, 0.29) is 35.5 Å². The van der Waals surface area contributed by atoms with Crippen LogP contribution < -0.4 is 5.32 Å². The molecule has 2 rings (SSSR count). The lowest BCUT2D eigenvalue weighted by Gasteiger charge is -2.36. The van der Waals surface area contributed by atoms with Gasteiger partial charge >= 0.3 is 0 Å². The molecule has 1 N–H and O–H groups in total. The molecule has 1 aromatic carbocycles. The van der Waals surface area contributed by atoms with E-state index in [2.05, 4.69) is 5.32 Å². The van der Waals surface area contributed by atoms with Gasteiger partial charge in [-0.15, -0.1) is 0 Å². The van der Waals surface area contributed by atoms with Gasteiger partial charge in [-0.2, -0.15) is 0 Å². The Labute approximate surface area is 143 Å². The summed E-state index contributed by atoms with van der Waals surface area (Å²) in [5.74, 6) is -0.162. The molecule has 1 fully saturated rings. The molecule has 0 unspecified atom stereocenters. The summed E-state index contributed by atoms with van der Waals surface area (Å²) in [5.41, 5.74) is 0.203. The summed E-state index contributed by atoms with van der Waals surface area (Å²) in [4.78, 5) is 26.2. The normalized spacial score (nSPS) is 16.1. The molecule has 0 aliphatic carbocycles. The largest absolute Gasteiger partial charge is 0.353 e. The van der Waals surface area contributed by atoms with E-state index in [4.69, 9.17) is 0 Å². The van der Waals surface area contributed by atoms with Gasteiger partial charge in [-0.25, -0.2) is 4.39 Å². The Kier molecular flexibility index (Phi) is 5.97. The van der Waals surface area contributed by atoms with Crippen molar-refractivity contribution in [2.75, 3.05) is 13.1 Å². The number of hydrogen-bond donors (Lipinski definition) is 1. The maximum absolute atomic E-state index is 13.5. The minimum Gasteiger partial charge on any atom is -0.353 e. The summed E-state index contributed by atoms with van der Waals surface area (Å²) in [7, 11) is 0. The molecule has 5 heteroatoms. The smallest absolute Gasteiger partial charge is 0.227 e. The van der Waals surface area contributed by atoms with Crippen molar-refractivity contribution < 1.29 is 14.0 Å². The summed E-state index contributed by atoms with van der Waals surface area (Å²) < 4.78 is 13.5. The third-order valence-electron chi connectivity index (χ3n) is 4.37. The van der Waals surface area contributed by atoms with Gasteiger partial charge in [-0.05, 0) is 30.9 Å². The molecule has 0 bridgehead atoms. The van der Waals surface area contributed by atoms with Crippen molar-refractivity contribution >= 4 is 11.8 Å². The van der Waals surface area contributed by atoms with E-state index in [9.17, 15) is 14.0 Å². The van der Waals surface area contributed by atoms with Crippen molar-refractivity contribution in [1.29, 1.82) is 0 Å². The van der Waals surface area contributed by atoms with Crippen LogP contribution in [0.2, 0.25) is 0 Å². The molecule has 0 atom stereocenters. The zero-order valence-electron chi connectivity index (χ0n) is 14.8. The lowest BCUT2D eigenvalue weighted by Crippen LogP contribution is -2.49. The predicted molar refractivity (Wildman–Crippen MR) is 91.9 cm³/mol. The highest BCUT2D eigenvalue weighted by molar-refractivity contribution is 5.81. The maximum atomic E-state index is 13.5. The Morgan fingerprint density at radius 3 is 2.42 bits per heavy atom. The number of rotatable bonds is 4. The molecule has 0 spiro atoms. The van der Waals surface area contributed by atoms with Crippen LogP contribution >= 0.6 is 0 Å². The molecule has 0 radical (unpaired) electrons. The van der Waals surface area contributed by atoms with Crippen LogP contribution in [0.4, 0.5) is 4.39 Å². The fraction of sp³-hybridized carbons (Fsp3) is 0.579. The Morgan fingerprint density at radius 2 is 1.83 bits per heavy atom. The quantitative estimate of drug-likeness (QED) is 0.920. The molecule has 0 saturated carbocycles. The number of amides is 2. The SMILES string of the molecule is CC(C)(C)C(=O)N1CCC(NC(=O)CCc2ccccc2F)CC1. The van der Waals surface area contributed by atoms with Gasteiger partial charge in [0, 0.05) is 31.0 Å². The van der Waals surface area contributed by atoms with Gasteiger partial charge in [-0.3, -0.25) is 9.59 Å². The summed E-state index contributed by atoms with van der Waals surface area (Å²) in [6.07, 6.45) is 2.22. The van der Waals surface area contributed by atoms with Crippen LogP contribution in [-0.4, -0.2) is 35.8 Å². The average molecular weight is 334 g/mol. The highest BCUT2D eigenvalue weighted by atomic mass is 19.1. The van der Waals surface area contributed by atoms with Crippen molar-refractivity contribution in [2.45, 2.75) is 52.5 Å². The van der Waals surface area contributed by atoms with Gasteiger partial charge in [0.1, 0.15) is 5.82 Å². The minimum atomic E-state index is -0.365. The second kappa shape index (κ2) is 7.77. The van der Waals surface area contributed by atoms with Gasteiger partial charge < -0.3 is 10.2 Å². The Hall–Kier alpha value is -1.91. The molecule has 1 saturated heterocycles. The first-order valence-corrected chi connectivity index (χ1v) is 8.59. The minimum absolute atomic E-state index is 0.0566. The van der Waals surface area contributed by atoms with E-state index >= 15 is 0 Å². The van der Waals surface area contributed by atoms with E-state index in [0.29, 0.717) is 25.1 Å². The molecule has 4 nitrogen and oxygen atoms in total. The average Bonchev–Trinajstić information content (AvgIpc) is 2.53. The second-order valence-electron chi connectivity index (χ2n) is 7.48. The lowest BCUT2D eigenvalue weighted by atomic mass is 9.93. The Morgan fingerprint density at radius 1 is 1.21 bits per heavy atom. The molecule has 2 amide bonds. The van der Waals surface area contributed by atoms with E-state index < -0.39 is 0 Å². The second-order valence-corrected chi connectivity index (χ2v) is 7.48. The van der Waals surface area contributed by atoms with Gasteiger partial charge in [0.25, 0.3) is 0 Å².